The Hall–Kier alpha value is -1.69. The van der Waals surface area contributed by atoms with Gasteiger partial charge >= 0.3 is 0 Å². The Morgan fingerprint density at radius 1 is 1.05 bits per heavy atom. The summed E-state index contributed by atoms with van der Waals surface area (Å²) in [4.78, 5) is 0.268. The van der Waals surface area contributed by atoms with Crippen LogP contribution < -0.4 is 10.5 Å². The monoisotopic (exact) mass is 304 g/mol. The Bertz CT molecular complexity index is 722. The van der Waals surface area contributed by atoms with E-state index in [0.29, 0.717) is 6.54 Å². The van der Waals surface area contributed by atoms with E-state index >= 15 is 0 Å². The predicted molar refractivity (Wildman–Crippen MR) is 84.3 cm³/mol. The van der Waals surface area contributed by atoms with Gasteiger partial charge in [0.15, 0.2) is 0 Å². The molecular formula is C16H20N2O2S. The molecule has 2 aromatic carbocycles. The van der Waals surface area contributed by atoms with Crippen molar-refractivity contribution in [1.29, 1.82) is 0 Å². The second-order valence-corrected chi connectivity index (χ2v) is 6.87. The number of nitrogens with one attached hydrogen (secondary N) is 1. The number of hydrogen-bond acceptors (Lipinski definition) is 3. The summed E-state index contributed by atoms with van der Waals surface area (Å²) in [5.74, 6) is 0. The minimum Gasteiger partial charge on any atom is -0.326 e. The van der Waals surface area contributed by atoms with Crippen molar-refractivity contribution >= 4 is 10.0 Å². The largest absolute Gasteiger partial charge is 0.326 e. The number of aryl methyl sites for hydroxylation is 2. The molecule has 3 N–H and O–H groups in total. The summed E-state index contributed by atoms with van der Waals surface area (Å²) in [5, 5.41) is 0. The van der Waals surface area contributed by atoms with Gasteiger partial charge in [-0.3, -0.25) is 0 Å². The highest BCUT2D eigenvalue weighted by Crippen LogP contribution is 2.15. The minimum atomic E-state index is -3.51. The summed E-state index contributed by atoms with van der Waals surface area (Å²) in [6, 6.07) is 12.8. The standard InChI is InChI=1S/C16H20N2O2S/c1-12-3-5-14(6-4-12)11-18-21(19,20)16-8-7-15(10-17)13(2)9-16/h3-9,18H,10-11,17H2,1-2H3. The van der Waals surface area contributed by atoms with Gasteiger partial charge in [-0.15, -0.1) is 0 Å². The molecule has 0 aliphatic rings. The van der Waals surface area contributed by atoms with Gasteiger partial charge in [-0.05, 0) is 42.7 Å². The van der Waals surface area contributed by atoms with Crippen LogP contribution in [-0.4, -0.2) is 8.42 Å². The van der Waals surface area contributed by atoms with Crippen molar-refractivity contribution in [1.82, 2.24) is 4.72 Å². The van der Waals surface area contributed by atoms with Crippen molar-refractivity contribution < 1.29 is 8.42 Å². The van der Waals surface area contributed by atoms with Crippen LogP contribution in [0.25, 0.3) is 0 Å². The molecule has 5 heteroatoms. The molecule has 0 unspecified atom stereocenters. The summed E-state index contributed by atoms with van der Waals surface area (Å²) in [6.07, 6.45) is 0. The topological polar surface area (TPSA) is 72.2 Å². The predicted octanol–water partition coefficient (Wildman–Crippen LogP) is 2.24. The van der Waals surface area contributed by atoms with Crippen molar-refractivity contribution in [3.05, 3.63) is 64.7 Å². The van der Waals surface area contributed by atoms with E-state index < -0.39 is 10.0 Å². The number of hydrogen-bond donors (Lipinski definition) is 2. The Morgan fingerprint density at radius 3 is 2.29 bits per heavy atom. The molecule has 0 amide bonds. The van der Waals surface area contributed by atoms with Crippen molar-refractivity contribution in [2.45, 2.75) is 31.8 Å². The second kappa shape index (κ2) is 6.39. The number of nitrogens with two attached hydrogens (primary N) is 1. The van der Waals surface area contributed by atoms with Gasteiger partial charge in [-0.1, -0.05) is 35.9 Å². The van der Waals surface area contributed by atoms with Crippen LogP contribution in [-0.2, 0) is 23.1 Å². The highest BCUT2D eigenvalue weighted by molar-refractivity contribution is 7.89. The molecule has 2 aromatic rings. The molecule has 0 spiro atoms. The third kappa shape index (κ3) is 3.91. The van der Waals surface area contributed by atoms with Crippen molar-refractivity contribution in [3.8, 4) is 0 Å². The van der Waals surface area contributed by atoms with E-state index in [1.54, 1.807) is 18.2 Å². The quantitative estimate of drug-likeness (QED) is 0.890. The lowest BCUT2D eigenvalue weighted by atomic mass is 10.1. The van der Waals surface area contributed by atoms with E-state index in [0.717, 1.165) is 22.3 Å². The molecule has 0 fully saturated rings. The first kappa shape index (κ1) is 15.7. The Kier molecular flexibility index (Phi) is 4.77. The highest BCUT2D eigenvalue weighted by Gasteiger charge is 2.14. The van der Waals surface area contributed by atoms with E-state index in [-0.39, 0.29) is 11.4 Å². The smallest absolute Gasteiger partial charge is 0.240 e. The van der Waals surface area contributed by atoms with Crippen molar-refractivity contribution in [2.75, 3.05) is 0 Å². The van der Waals surface area contributed by atoms with Crippen LogP contribution in [0.15, 0.2) is 47.4 Å². The maximum absolute atomic E-state index is 12.3. The van der Waals surface area contributed by atoms with Gasteiger partial charge in [0.25, 0.3) is 0 Å². The second-order valence-electron chi connectivity index (χ2n) is 5.10. The average Bonchev–Trinajstić information content (AvgIpc) is 2.46. The molecule has 0 aliphatic carbocycles. The Morgan fingerprint density at radius 2 is 1.71 bits per heavy atom. The van der Waals surface area contributed by atoms with Crippen LogP contribution in [0, 0.1) is 13.8 Å². The highest BCUT2D eigenvalue weighted by atomic mass is 32.2. The van der Waals surface area contributed by atoms with E-state index in [1.165, 1.54) is 0 Å². The zero-order chi connectivity index (χ0) is 15.5. The van der Waals surface area contributed by atoms with Crippen LogP contribution in [0.4, 0.5) is 0 Å². The molecule has 0 aliphatic heterocycles. The van der Waals surface area contributed by atoms with Gasteiger partial charge in [-0.2, -0.15) is 0 Å². The molecule has 0 bridgehead atoms. The molecule has 21 heavy (non-hydrogen) atoms. The maximum atomic E-state index is 12.3. The molecule has 0 saturated heterocycles. The SMILES string of the molecule is Cc1ccc(CNS(=O)(=O)c2ccc(CN)c(C)c2)cc1. The summed E-state index contributed by atoms with van der Waals surface area (Å²) in [5.41, 5.74) is 9.51. The zero-order valence-corrected chi connectivity index (χ0v) is 13.1. The Labute approximate surface area is 126 Å². The summed E-state index contributed by atoms with van der Waals surface area (Å²) >= 11 is 0. The van der Waals surface area contributed by atoms with Crippen LogP contribution in [0.3, 0.4) is 0 Å². The lowest BCUT2D eigenvalue weighted by Crippen LogP contribution is -2.23. The fraction of sp³-hybridized carbons (Fsp3) is 0.250. The zero-order valence-electron chi connectivity index (χ0n) is 12.3. The average molecular weight is 304 g/mol. The van der Waals surface area contributed by atoms with Crippen molar-refractivity contribution in [2.24, 2.45) is 5.73 Å². The van der Waals surface area contributed by atoms with Gasteiger partial charge < -0.3 is 5.73 Å². The first-order valence-corrected chi connectivity index (χ1v) is 8.25. The molecule has 0 aromatic heterocycles. The first-order valence-electron chi connectivity index (χ1n) is 6.77. The van der Waals surface area contributed by atoms with Crippen LogP contribution in [0.1, 0.15) is 22.3 Å². The first-order chi connectivity index (χ1) is 9.92. The number of rotatable bonds is 5. The normalized spacial score (nSPS) is 11.6. The molecule has 112 valence electrons. The Balaban J connectivity index is 2.14. The van der Waals surface area contributed by atoms with Gasteiger partial charge in [0, 0.05) is 13.1 Å². The molecular weight excluding hydrogens is 284 g/mol. The third-order valence-electron chi connectivity index (χ3n) is 3.43. The van der Waals surface area contributed by atoms with Crippen LogP contribution in [0.5, 0.6) is 0 Å². The number of sulfonamides is 1. The fourth-order valence-corrected chi connectivity index (χ4v) is 3.13. The molecule has 4 nitrogen and oxygen atoms in total. The molecule has 0 atom stereocenters. The van der Waals surface area contributed by atoms with E-state index in [9.17, 15) is 8.42 Å². The summed E-state index contributed by atoms with van der Waals surface area (Å²) in [7, 11) is -3.51. The summed E-state index contributed by atoms with van der Waals surface area (Å²) < 4.78 is 27.2. The summed E-state index contributed by atoms with van der Waals surface area (Å²) in [6.45, 7) is 4.54. The van der Waals surface area contributed by atoms with Crippen LogP contribution >= 0.6 is 0 Å². The molecule has 0 saturated carbocycles. The lowest BCUT2D eigenvalue weighted by Gasteiger charge is -2.10. The van der Waals surface area contributed by atoms with E-state index in [4.69, 9.17) is 5.73 Å². The molecule has 2 rings (SSSR count). The number of benzene rings is 2. The van der Waals surface area contributed by atoms with Gasteiger partial charge in [0.2, 0.25) is 10.0 Å². The third-order valence-corrected chi connectivity index (χ3v) is 4.83. The maximum Gasteiger partial charge on any atom is 0.240 e. The molecule has 0 heterocycles. The van der Waals surface area contributed by atoms with Crippen molar-refractivity contribution in [3.63, 3.8) is 0 Å². The van der Waals surface area contributed by atoms with E-state index in [2.05, 4.69) is 4.72 Å². The van der Waals surface area contributed by atoms with Crippen LogP contribution in [0.2, 0.25) is 0 Å². The fourth-order valence-electron chi connectivity index (χ4n) is 2.03. The lowest BCUT2D eigenvalue weighted by molar-refractivity contribution is 0.581. The van der Waals surface area contributed by atoms with E-state index in [1.807, 2.05) is 38.1 Å². The van der Waals surface area contributed by atoms with Gasteiger partial charge in [-0.25, -0.2) is 13.1 Å². The van der Waals surface area contributed by atoms with Gasteiger partial charge in [0.05, 0.1) is 4.90 Å². The minimum absolute atomic E-state index is 0.268. The molecule has 0 radical (unpaired) electrons. The van der Waals surface area contributed by atoms with Gasteiger partial charge in [0.1, 0.15) is 0 Å².